The van der Waals surface area contributed by atoms with Crippen LogP contribution >= 0.6 is 0 Å². The molecular weight excluding hydrogens is 260 g/mol. The summed E-state index contributed by atoms with van der Waals surface area (Å²) in [6.07, 6.45) is 5.71. The Hall–Kier alpha value is -1.30. The first-order valence-electron chi connectivity index (χ1n) is 7.90. The maximum absolute atomic E-state index is 8.80. The van der Waals surface area contributed by atoms with Gasteiger partial charge in [-0.15, -0.1) is 0 Å². The first-order valence-corrected chi connectivity index (χ1v) is 7.90. The lowest BCUT2D eigenvalue weighted by Gasteiger charge is -2.34. The summed E-state index contributed by atoms with van der Waals surface area (Å²) in [6, 6.07) is 8.12. The second-order valence-electron chi connectivity index (χ2n) is 6.61. The average molecular weight is 286 g/mol. The van der Waals surface area contributed by atoms with E-state index in [9.17, 15) is 0 Å². The molecule has 0 heterocycles. The van der Waals surface area contributed by atoms with Gasteiger partial charge < -0.3 is 9.84 Å². The van der Waals surface area contributed by atoms with Gasteiger partial charge in [0.15, 0.2) is 0 Å². The fourth-order valence-electron chi connectivity index (χ4n) is 2.73. The molecule has 2 nitrogen and oxygen atoms in total. The van der Waals surface area contributed by atoms with Crippen LogP contribution in [-0.4, -0.2) is 17.8 Å². The van der Waals surface area contributed by atoms with Crippen LogP contribution < -0.4 is 0 Å². The number of hydrogen-bond acceptors (Lipinski definition) is 2. The molecule has 1 aliphatic rings. The molecule has 0 radical (unpaired) electrons. The third kappa shape index (κ3) is 5.19. The van der Waals surface area contributed by atoms with E-state index >= 15 is 0 Å². The molecule has 1 aliphatic carbocycles. The minimum absolute atomic E-state index is 0.115. The van der Waals surface area contributed by atoms with Gasteiger partial charge in [0.2, 0.25) is 0 Å². The third-order valence-electron chi connectivity index (χ3n) is 4.24. The van der Waals surface area contributed by atoms with Crippen LogP contribution in [-0.2, 0) is 11.3 Å². The largest absolute Gasteiger partial charge is 0.395 e. The van der Waals surface area contributed by atoms with Crippen molar-refractivity contribution in [2.24, 2.45) is 5.41 Å². The van der Waals surface area contributed by atoms with E-state index in [4.69, 9.17) is 9.84 Å². The molecule has 0 bridgehead atoms. The summed E-state index contributed by atoms with van der Waals surface area (Å²) in [7, 11) is 0. The molecular formula is C19H26O2. The smallest absolute Gasteiger partial charge is 0.0732 e. The molecule has 2 heteroatoms. The molecule has 1 fully saturated rings. The van der Waals surface area contributed by atoms with Crippen molar-refractivity contribution in [3.63, 3.8) is 0 Å². The van der Waals surface area contributed by atoms with E-state index < -0.39 is 0 Å². The Morgan fingerprint density at radius 1 is 1.24 bits per heavy atom. The molecule has 0 atom stereocenters. The van der Waals surface area contributed by atoms with Crippen molar-refractivity contribution in [1.82, 2.24) is 0 Å². The predicted molar refractivity (Wildman–Crippen MR) is 85.8 cm³/mol. The zero-order valence-corrected chi connectivity index (χ0v) is 13.2. The Balaban J connectivity index is 1.90. The third-order valence-corrected chi connectivity index (χ3v) is 4.24. The highest BCUT2D eigenvalue weighted by Crippen LogP contribution is 2.36. The highest BCUT2D eigenvalue weighted by molar-refractivity contribution is 5.40. The molecule has 114 valence electrons. The molecule has 1 aromatic rings. The number of ether oxygens (including phenoxy) is 1. The average Bonchev–Trinajstić information content (AvgIpc) is 2.48. The lowest BCUT2D eigenvalue weighted by molar-refractivity contribution is -0.00565. The Morgan fingerprint density at radius 3 is 2.67 bits per heavy atom. The Morgan fingerprint density at radius 2 is 1.95 bits per heavy atom. The van der Waals surface area contributed by atoms with Crippen LogP contribution in [0.1, 0.15) is 57.1 Å². The van der Waals surface area contributed by atoms with Gasteiger partial charge in [-0.2, -0.15) is 0 Å². The highest BCUT2D eigenvalue weighted by atomic mass is 16.5. The molecule has 1 aromatic carbocycles. The molecule has 2 rings (SSSR count). The van der Waals surface area contributed by atoms with Crippen LogP contribution in [0.25, 0.3) is 0 Å². The van der Waals surface area contributed by atoms with Gasteiger partial charge in [0.1, 0.15) is 0 Å². The van der Waals surface area contributed by atoms with Crippen molar-refractivity contribution in [3.05, 3.63) is 35.4 Å². The van der Waals surface area contributed by atoms with Gasteiger partial charge in [-0.05, 0) is 42.7 Å². The monoisotopic (exact) mass is 286 g/mol. The zero-order chi connectivity index (χ0) is 15.1. The number of hydrogen-bond donors (Lipinski definition) is 1. The summed E-state index contributed by atoms with van der Waals surface area (Å²) in [5.74, 6) is 6.11. The first-order chi connectivity index (χ1) is 10.1. The summed E-state index contributed by atoms with van der Waals surface area (Å²) >= 11 is 0. The maximum atomic E-state index is 8.80. The lowest BCUT2D eigenvalue weighted by Crippen LogP contribution is -2.26. The second-order valence-corrected chi connectivity index (χ2v) is 6.61. The van der Waals surface area contributed by atoms with Crippen LogP contribution in [0.2, 0.25) is 0 Å². The van der Waals surface area contributed by atoms with Crippen molar-refractivity contribution in [2.75, 3.05) is 6.61 Å². The van der Waals surface area contributed by atoms with Crippen molar-refractivity contribution in [1.29, 1.82) is 0 Å². The quantitative estimate of drug-likeness (QED) is 0.850. The highest BCUT2D eigenvalue weighted by Gasteiger charge is 2.27. The van der Waals surface area contributed by atoms with Crippen LogP contribution in [0.3, 0.4) is 0 Å². The molecule has 0 unspecified atom stereocenters. The van der Waals surface area contributed by atoms with E-state index in [1.54, 1.807) is 0 Å². The number of benzene rings is 1. The summed E-state index contributed by atoms with van der Waals surface area (Å²) in [4.78, 5) is 0. The van der Waals surface area contributed by atoms with Gasteiger partial charge in [0.25, 0.3) is 0 Å². The van der Waals surface area contributed by atoms with Crippen molar-refractivity contribution in [3.8, 4) is 11.8 Å². The van der Waals surface area contributed by atoms with E-state index in [2.05, 4.69) is 31.8 Å². The second kappa shape index (κ2) is 7.64. The lowest BCUT2D eigenvalue weighted by atomic mass is 9.76. The van der Waals surface area contributed by atoms with Gasteiger partial charge in [0.05, 0.1) is 19.3 Å². The predicted octanol–water partition coefficient (Wildman–Crippen LogP) is 3.91. The normalized spacial score (nSPS) is 18.0. The number of aliphatic hydroxyl groups is 1. The van der Waals surface area contributed by atoms with Crippen LogP contribution in [0.5, 0.6) is 0 Å². The van der Waals surface area contributed by atoms with Crippen molar-refractivity contribution < 1.29 is 9.84 Å². The topological polar surface area (TPSA) is 29.5 Å². The number of rotatable bonds is 4. The van der Waals surface area contributed by atoms with Crippen LogP contribution in [0.4, 0.5) is 0 Å². The SMILES string of the molecule is CC1(C)CCC(OCc2ccccc2C#CCCO)CC1. The maximum Gasteiger partial charge on any atom is 0.0732 e. The molecule has 0 aromatic heterocycles. The molecule has 0 amide bonds. The number of aliphatic hydroxyl groups excluding tert-OH is 1. The standard InChI is InChI=1S/C19H26O2/c1-19(2)12-10-18(11-13-19)21-15-17-9-4-3-7-16(17)8-5-6-14-20/h3-4,7,9,18,20H,6,10-15H2,1-2H3. The molecule has 0 spiro atoms. The van der Waals surface area contributed by atoms with Gasteiger partial charge >= 0.3 is 0 Å². The molecule has 1 N–H and O–H groups in total. The Kier molecular flexibility index (Phi) is 5.85. The van der Waals surface area contributed by atoms with E-state index in [1.807, 2.05) is 18.2 Å². The zero-order valence-electron chi connectivity index (χ0n) is 13.2. The minimum atomic E-state index is 0.115. The van der Waals surface area contributed by atoms with Gasteiger partial charge in [0, 0.05) is 12.0 Å². The first kappa shape index (κ1) is 16.1. The summed E-state index contributed by atoms with van der Waals surface area (Å²) in [5.41, 5.74) is 2.64. The van der Waals surface area contributed by atoms with Crippen LogP contribution in [0.15, 0.2) is 24.3 Å². The van der Waals surface area contributed by atoms with Crippen molar-refractivity contribution in [2.45, 2.75) is 58.7 Å². The van der Waals surface area contributed by atoms with Gasteiger partial charge in [-0.3, -0.25) is 0 Å². The molecule has 1 saturated carbocycles. The summed E-state index contributed by atoms with van der Waals surface area (Å²) < 4.78 is 6.09. The van der Waals surface area contributed by atoms with E-state index in [0.29, 0.717) is 24.5 Å². The summed E-state index contributed by atoms with van der Waals surface area (Å²) in [5, 5.41) is 8.80. The minimum Gasteiger partial charge on any atom is -0.395 e. The Bertz CT molecular complexity index is 498. The molecule has 0 saturated heterocycles. The van der Waals surface area contributed by atoms with Crippen molar-refractivity contribution >= 4 is 0 Å². The van der Waals surface area contributed by atoms with Crippen LogP contribution in [0, 0.1) is 17.3 Å². The van der Waals surface area contributed by atoms with E-state index in [-0.39, 0.29) is 6.61 Å². The molecule has 0 aliphatic heterocycles. The fraction of sp³-hybridized carbons (Fsp3) is 0.579. The van der Waals surface area contributed by atoms with Gasteiger partial charge in [-0.1, -0.05) is 43.9 Å². The van der Waals surface area contributed by atoms with Gasteiger partial charge in [-0.25, -0.2) is 0 Å². The van der Waals surface area contributed by atoms with E-state index in [0.717, 1.165) is 24.0 Å². The molecule has 21 heavy (non-hydrogen) atoms. The fourth-order valence-corrected chi connectivity index (χ4v) is 2.73. The summed E-state index contributed by atoms with van der Waals surface area (Å²) in [6.45, 7) is 5.43. The van der Waals surface area contributed by atoms with E-state index in [1.165, 1.54) is 12.8 Å². The Labute approximate surface area is 128 Å².